The van der Waals surface area contributed by atoms with Gasteiger partial charge in [-0.05, 0) is 12.1 Å². The van der Waals surface area contributed by atoms with E-state index in [9.17, 15) is 22.4 Å². The fraction of sp³-hybridized carbons (Fsp3) is 0.222. The largest absolute Gasteiger partial charge is 0.479 e. The normalized spacial score (nSPS) is 13.5. The third kappa shape index (κ3) is 2.47. The molecular weight excluding hydrogens is 246 g/mol. The van der Waals surface area contributed by atoms with Crippen LogP contribution in [0.4, 0.5) is 23.2 Å². The van der Waals surface area contributed by atoms with Crippen LogP contribution >= 0.6 is 0 Å². The number of aliphatic hydroxyl groups excluding tert-OH is 1. The van der Waals surface area contributed by atoms with Crippen molar-refractivity contribution in [1.82, 2.24) is 0 Å². The first-order valence-corrected chi connectivity index (χ1v) is 4.22. The summed E-state index contributed by atoms with van der Waals surface area (Å²) in [7, 11) is 0. The van der Waals surface area contributed by atoms with Crippen molar-refractivity contribution in [3.05, 3.63) is 29.1 Å². The second-order valence-electron chi connectivity index (χ2n) is 3.17. The second-order valence-corrected chi connectivity index (χ2v) is 3.17. The molecule has 0 aromatic heterocycles. The standard InChI is InChI=1S/C9H7F4NO3/c10-6-3(9(11,12)13)1-2-4(14)5(6)7(15)8(16)17/h1-2,7,15H,14H2,(H,16,17). The first kappa shape index (κ1) is 13.2. The molecule has 8 heteroatoms. The van der Waals surface area contributed by atoms with Crippen LogP contribution in [0.15, 0.2) is 12.1 Å². The SMILES string of the molecule is Nc1ccc(C(F)(F)F)c(F)c1C(O)C(=O)O. The molecule has 1 aromatic rings. The third-order valence-electron chi connectivity index (χ3n) is 2.03. The lowest BCUT2D eigenvalue weighted by atomic mass is 10.0. The molecule has 0 saturated heterocycles. The minimum absolute atomic E-state index is 0.378. The first-order chi connectivity index (χ1) is 7.66. The quantitative estimate of drug-likeness (QED) is 0.551. The van der Waals surface area contributed by atoms with Gasteiger partial charge in [0.25, 0.3) is 0 Å². The minimum atomic E-state index is -5.00. The number of alkyl halides is 3. The molecule has 1 unspecified atom stereocenters. The summed E-state index contributed by atoms with van der Waals surface area (Å²) in [6.45, 7) is 0. The van der Waals surface area contributed by atoms with Gasteiger partial charge in [-0.25, -0.2) is 9.18 Å². The van der Waals surface area contributed by atoms with E-state index in [1.54, 1.807) is 0 Å². The Bertz CT molecular complexity index is 458. The van der Waals surface area contributed by atoms with Crippen LogP contribution in [0.25, 0.3) is 0 Å². The molecule has 1 atom stereocenters. The van der Waals surface area contributed by atoms with Gasteiger partial charge >= 0.3 is 12.1 Å². The lowest BCUT2D eigenvalue weighted by Gasteiger charge is -2.15. The summed E-state index contributed by atoms with van der Waals surface area (Å²) in [6.07, 6.45) is -7.44. The zero-order chi connectivity index (χ0) is 13.4. The summed E-state index contributed by atoms with van der Waals surface area (Å²) in [6, 6.07) is 1.07. The molecule has 0 bridgehead atoms. The molecule has 0 saturated carbocycles. The molecule has 0 fully saturated rings. The molecule has 1 aromatic carbocycles. The Morgan fingerprint density at radius 1 is 1.35 bits per heavy atom. The third-order valence-corrected chi connectivity index (χ3v) is 2.03. The molecule has 0 aliphatic heterocycles. The molecule has 0 amide bonds. The van der Waals surface area contributed by atoms with Crippen molar-refractivity contribution >= 4 is 11.7 Å². The number of aliphatic carboxylic acids is 1. The van der Waals surface area contributed by atoms with E-state index in [2.05, 4.69) is 0 Å². The zero-order valence-corrected chi connectivity index (χ0v) is 8.12. The number of carboxylic acids is 1. The summed E-state index contributed by atoms with van der Waals surface area (Å²) in [5.74, 6) is -3.78. The number of carboxylic acid groups (broad SMARTS) is 1. The number of anilines is 1. The highest BCUT2D eigenvalue weighted by atomic mass is 19.4. The highest BCUT2D eigenvalue weighted by molar-refractivity contribution is 5.77. The summed E-state index contributed by atoms with van der Waals surface area (Å²) in [4.78, 5) is 10.4. The maximum Gasteiger partial charge on any atom is 0.419 e. The number of aliphatic hydroxyl groups is 1. The second kappa shape index (κ2) is 4.21. The van der Waals surface area contributed by atoms with Crippen LogP contribution < -0.4 is 5.73 Å². The van der Waals surface area contributed by atoms with Crippen molar-refractivity contribution in [3.8, 4) is 0 Å². The first-order valence-electron chi connectivity index (χ1n) is 4.22. The van der Waals surface area contributed by atoms with Crippen molar-refractivity contribution in [2.75, 3.05) is 5.73 Å². The van der Waals surface area contributed by atoms with Gasteiger partial charge in [0.15, 0.2) is 6.10 Å². The van der Waals surface area contributed by atoms with E-state index in [1.165, 1.54) is 0 Å². The lowest BCUT2D eigenvalue weighted by molar-refractivity contribution is -0.148. The smallest absolute Gasteiger partial charge is 0.419 e. The number of nitrogens with two attached hydrogens (primary N) is 1. The molecule has 4 nitrogen and oxygen atoms in total. The Kier molecular flexibility index (Phi) is 3.28. The van der Waals surface area contributed by atoms with Gasteiger partial charge in [-0.3, -0.25) is 0 Å². The van der Waals surface area contributed by atoms with E-state index >= 15 is 0 Å². The van der Waals surface area contributed by atoms with Gasteiger partial charge in [0.2, 0.25) is 0 Å². The average Bonchev–Trinajstić information content (AvgIpc) is 2.14. The van der Waals surface area contributed by atoms with Crippen LogP contribution in [0.1, 0.15) is 17.2 Å². The molecule has 0 spiro atoms. The maximum absolute atomic E-state index is 13.4. The monoisotopic (exact) mass is 253 g/mol. The van der Waals surface area contributed by atoms with E-state index in [0.29, 0.717) is 12.1 Å². The Balaban J connectivity index is 3.45. The van der Waals surface area contributed by atoms with Crippen molar-refractivity contribution in [2.24, 2.45) is 0 Å². The number of nitrogen functional groups attached to an aromatic ring is 1. The number of halogens is 4. The van der Waals surface area contributed by atoms with Crippen LogP contribution in [-0.2, 0) is 11.0 Å². The summed E-state index contributed by atoms with van der Waals surface area (Å²) in [5.41, 5.74) is 1.81. The van der Waals surface area contributed by atoms with Crippen LogP contribution in [-0.4, -0.2) is 16.2 Å². The van der Waals surface area contributed by atoms with Crippen molar-refractivity contribution in [3.63, 3.8) is 0 Å². The lowest BCUT2D eigenvalue weighted by Crippen LogP contribution is -2.18. The highest BCUT2D eigenvalue weighted by Crippen LogP contribution is 2.36. The van der Waals surface area contributed by atoms with Gasteiger partial charge in [0, 0.05) is 5.69 Å². The van der Waals surface area contributed by atoms with Gasteiger partial charge in [0.1, 0.15) is 5.82 Å². The van der Waals surface area contributed by atoms with Gasteiger partial charge < -0.3 is 15.9 Å². The van der Waals surface area contributed by atoms with E-state index in [-0.39, 0.29) is 0 Å². The molecule has 17 heavy (non-hydrogen) atoms. The average molecular weight is 253 g/mol. The number of carbonyl (C=O) groups is 1. The molecule has 4 N–H and O–H groups in total. The van der Waals surface area contributed by atoms with Crippen LogP contribution in [0, 0.1) is 5.82 Å². The Morgan fingerprint density at radius 2 is 1.88 bits per heavy atom. The van der Waals surface area contributed by atoms with Gasteiger partial charge in [0.05, 0.1) is 11.1 Å². The Labute approximate surface area is 92.3 Å². The van der Waals surface area contributed by atoms with E-state index in [4.69, 9.17) is 15.9 Å². The predicted octanol–water partition coefficient (Wildman–Crippen LogP) is 1.54. The molecular formula is C9H7F4NO3. The van der Waals surface area contributed by atoms with Crippen molar-refractivity contribution in [1.29, 1.82) is 0 Å². The maximum atomic E-state index is 13.4. The summed E-state index contributed by atoms with van der Waals surface area (Å²) < 4.78 is 50.4. The number of benzene rings is 1. The molecule has 94 valence electrons. The van der Waals surface area contributed by atoms with Crippen LogP contribution in [0.3, 0.4) is 0 Å². The number of hydrogen-bond donors (Lipinski definition) is 3. The van der Waals surface area contributed by atoms with Crippen molar-refractivity contribution < 1.29 is 32.6 Å². The molecule has 0 aliphatic carbocycles. The summed E-state index contributed by atoms with van der Waals surface area (Å²) >= 11 is 0. The topological polar surface area (TPSA) is 83.5 Å². The van der Waals surface area contributed by atoms with Crippen LogP contribution in [0.2, 0.25) is 0 Å². The highest BCUT2D eigenvalue weighted by Gasteiger charge is 2.37. The fourth-order valence-electron chi connectivity index (χ4n) is 1.23. The van der Waals surface area contributed by atoms with E-state index < -0.39 is 40.9 Å². The zero-order valence-electron chi connectivity index (χ0n) is 8.12. The van der Waals surface area contributed by atoms with E-state index in [0.717, 1.165) is 0 Å². The molecule has 0 aliphatic rings. The Morgan fingerprint density at radius 3 is 2.29 bits per heavy atom. The van der Waals surface area contributed by atoms with E-state index in [1.807, 2.05) is 0 Å². The number of hydrogen-bond acceptors (Lipinski definition) is 3. The fourth-order valence-corrected chi connectivity index (χ4v) is 1.23. The number of rotatable bonds is 2. The Hall–Kier alpha value is -1.83. The molecule has 1 rings (SSSR count). The van der Waals surface area contributed by atoms with Gasteiger partial charge in [-0.15, -0.1) is 0 Å². The minimum Gasteiger partial charge on any atom is -0.479 e. The van der Waals surface area contributed by atoms with Gasteiger partial charge in [-0.1, -0.05) is 0 Å². The molecule has 0 heterocycles. The van der Waals surface area contributed by atoms with Gasteiger partial charge in [-0.2, -0.15) is 13.2 Å². The van der Waals surface area contributed by atoms with Crippen molar-refractivity contribution in [2.45, 2.75) is 12.3 Å². The van der Waals surface area contributed by atoms with Crippen LogP contribution in [0.5, 0.6) is 0 Å². The summed E-state index contributed by atoms with van der Waals surface area (Å²) in [5, 5.41) is 17.5. The molecule has 0 radical (unpaired) electrons. The predicted molar refractivity (Wildman–Crippen MR) is 48.4 cm³/mol.